The topological polar surface area (TPSA) is 69.7 Å². The van der Waals surface area contributed by atoms with Gasteiger partial charge in [-0.2, -0.15) is 0 Å². The van der Waals surface area contributed by atoms with Crippen LogP contribution >= 0.6 is 12.4 Å². The minimum atomic E-state index is -0.594. The summed E-state index contributed by atoms with van der Waals surface area (Å²) in [6, 6.07) is 4.47. The number of halogens is 1. The van der Waals surface area contributed by atoms with E-state index >= 15 is 0 Å². The molecule has 1 aliphatic carbocycles. The number of Topliss-reactive ketones (excluding diaryl/α,β-unsaturated/α-hetero) is 2. The number of hydrogen-bond donors (Lipinski definition) is 0. The van der Waals surface area contributed by atoms with Crippen LogP contribution in [-0.2, 0) is 14.3 Å². The van der Waals surface area contributed by atoms with Crippen LogP contribution in [0.1, 0.15) is 29.3 Å². The molecular formula is C16H13ClO5. The summed E-state index contributed by atoms with van der Waals surface area (Å²) in [5, 5.41) is 0. The van der Waals surface area contributed by atoms with Gasteiger partial charge in [-0.15, -0.1) is 12.4 Å². The molecule has 1 aromatic carbocycles. The predicted octanol–water partition coefficient (Wildman–Crippen LogP) is 2.49. The van der Waals surface area contributed by atoms with Crippen LogP contribution in [0, 0.1) is 0 Å². The van der Waals surface area contributed by atoms with E-state index in [9.17, 15) is 14.4 Å². The molecule has 0 saturated carbocycles. The molecule has 0 saturated heterocycles. The molecule has 0 N–H and O–H groups in total. The molecule has 1 aromatic rings. The maximum Gasteiger partial charge on any atom is 0.335 e. The van der Waals surface area contributed by atoms with Crippen LogP contribution in [-0.4, -0.2) is 23.6 Å². The summed E-state index contributed by atoms with van der Waals surface area (Å²) in [5.74, 6) is -0.974. The Balaban J connectivity index is 0.00000176. The fourth-order valence-corrected chi connectivity index (χ4v) is 2.51. The highest BCUT2D eigenvalue weighted by molar-refractivity contribution is 6.52. The minimum absolute atomic E-state index is 0. The molecule has 0 radical (unpaired) electrons. The quantitative estimate of drug-likeness (QED) is 0.362. The van der Waals surface area contributed by atoms with Crippen molar-refractivity contribution in [1.29, 1.82) is 0 Å². The molecule has 3 rings (SSSR count). The molecule has 5 nitrogen and oxygen atoms in total. The highest BCUT2D eigenvalue weighted by Crippen LogP contribution is 2.40. The van der Waals surface area contributed by atoms with Crippen LogP contribution in [0.4, 0.5) is 0 Å². The van der Waals surface area contributed by atoms with Crippen LogP contribution in [0.2, 0.25) is 0 Å². The van der Waals surface area contributed by atoms with Gasteiger partial charge in [0.2, 0.25) is 11.6 Å². The Labute approximate surface area is 133 Å². The molecule has 0 bridgehead atoms. The van der Waals surface area contributed by atoms with E-state index in [4.69, 9.17) is 9.47 Å². The number of ether oxygens (including phenoxy) is 2. The predicted molar refractivity (Wildman–Crippen MR) is 80.9 cm³/mol. The lowest BCUT2D eigenvalue weighted by Gasteiger charge is -2.17. The number of esters is 1. The van der Waals surface area contributed by atoms with Gasteiger partial charge in [0.25, 0.3) is 0 Å². The first-order chi connectivity index (χ1) is 10.0. The second kappa shape index (κ2) is 5.77. The fraction of sp³-hybridized carbons (Fsp3) is 0.188. The van der Waals surface area contributed by atoms with Crippen molar-refractivity contribution in [2.75, 3.05) is 0 Å². The molecule has 22 heavy (non-hydrogen) atoms. The van der Waals surface area contributed by atoms with Gasteiger partial charge >= 0.3 is 5.97 Å². The van der Waals surface area contributed by atoms with Crippen LogP contribution in [0.25, 0.3) is 5.76 Å². The van der Waals surface area contributed by atoms with E-state index in [1.54, 1.807) is 0 Å². The lowest BCUT2D eigenvalue weighted by molar-refractivity contribution is -0.129. The number of benzene rings is 1. The number of ketones is 2. The minimum Gasteiger partial charge on any atom is -0.489 e. The molecule has 1 heterocycles. The molecule has 114 valence electrons. The van der Waals surface area contributed by atoms with Crippen LogP contribution in [0.5, 0.6) is 5.75 Å². The van der Waals surface area contributed by atoms with E-state index in [0.29, 0.717) is 23.3 Å². The average molecular weight is 321 g/mol. The largest absolute Gasteiger partial charge is 0.489 e. The molecule has 0 aromatic heterocycles. The highest BCUT2D eigenvalue weighted by Gasteiger charge is 2.39. The van der Waals surface area contributed by atoms with Crippen molar-refractivity contribution >= 4 is 35.7 Å². The zero-order valence-corrected chi connectivity index (χ0v) is 12.6. The molecule has 2 aliphatic rings. The van der Waals surface area contributed by atoms with Gasteiger partial charge in [0.05, 0.1) is 0 Å². The van der Waals surface area contributed by atoms with Crippen molar-refractivity contribution in [1.82, 2.24) is 0 Å². The Kier molecular flexibility index (Phi) is 4.19. The number of rotatable bonds is 2. The number of hydrogen-bond acceptors (Lipinski definition) is 5. The second-order valence-electron chi connectivity index (χ2n) is 4.93. The van der Waals surface area contributed by atoms with Crippen molar-refractivity contribution < 1.29 is 23.9 Å². The van der Waals surface area contributed by atoms with Crippen molar-refractivity contribution in [2.45, 2.75) is 19.4 Å². The van der Waals surface area contributed by atoms with Crippen molar-refractivity contribution in [3.8, 4) is 5.75 Å². The third-order valence-electron chi connectivity index (χ3n) is 3.43. The maximum atomic E-state index is 12.1. The Morgan fingerprint density at radius 1 is 1.32 bits per heavy atom. The molecule has 0 fully saturated rings. The monoisotopic (exact) mass is 320 g/mol. The van der Waals surface area contributed by atoms with Crippen LogP contribution < -0.4 is 4.74 Å². The standard InChI is InChI=1S/C16H12O5.ClH/c1-3-13(17)21-9-4-5-10-11(7-9)16-12(6-8(2)20-16)15(19)14(10)18;/h3-5,7-8H,1,6H2,2H3;1H. The van der Waals surface area contributed by atoms with Gasteiger partial charge < -0.3 is 9.47 Å². The molecule has 0 spiro atoms. The van der Waals surface area contributed by atoms with Crippen molar-refractivity contribution in [3.63, 3.8) is 0 Å². The van der Waals surface area contributed by atoms with E-state index in [-0.39, 0.29) is 29.8 Å². The summed E-state index contributed by atoms with van der Waals surface area (Å²) in [6.07, 6.45) is 1.31. The molecule has 1 atom stereocenters. The van der Waals surface area contributed by atoms with Gasteiger partial charge in [0, 0.05) is 29.2 Å². The van der Waals surface area contributed by atoms with E-state index < -0.39 is 17.5 Å². The maximum absolute atomic E-state index is 12.1. The van der Waals surface area contributed by atoms with Crippen molar-refractivity contribution in [2.24, 2.45) is 0 Å². The Morgan fingerprint density at radius 2 is 2.05 bits per heavy atom. The number of fused-ring (bicyclic) bond motifs is 2. The molecule has 1 unspecified atom stereocenters. The third kappa shape index (κ3) is 2.44. The van der Waals surface area contributed by atoms with E-state index in [2.05, 4.69) is 6.58 Å². The fourth-order valence-electron chi connectivity index (χ4n) is 2.51. The number of carbonyl (C=O) groups is 3. The van der Waals surface area contributed by atoms with E-state index in [0.717, 1.165) is 6.08 Å². The van der Waals surface area contributed by atoms with Gasteiger partial charge in [-0.25, -0.2) is 4.79 Å². The second-order valence-corrected chi connectivity index (χ2v) is 4.93. The zero-order valence-electron chi connectivity index (χ0n) is 11.8. The zero-order chi connectivity index (χ0) is 15.1. The van der Waals surface area contributed by atoms with Crippen LogP contribution in [0.3, 0.4) is 0 Å². The third-order valence-corrected chi connectivity index (χ3v) is 3.43. The summed E-state index contributed by atoms with van der Waals surface area (Å²) < 4.78 is 10.7. The normalized spacial score (nSPS) is 18.9. The molecular weight excluding hydrogens is 308 g/mol. The Hall–Kier alpha value is -2.40. The summed E-state index contributed by atoms with van der Waals surface area (Å²) in [6.45, 7) is 5.15. The first-order valence-electron chi connectivity index (χ1n) is 6.48. The highest BCUT2D eigenvalue weighted by atomic mass is 35.5. The Bertz CT molecular complexity index is 732. The number of carbonyl (C=O) groups excluding carboxylic acids is 3. The smallest absolute Gasteiger partial charge is 0.335 e. The SMILES string of the molecule is C=CC(=O)Oc1ccc2c(c1)C1=C(CC(C)O1)C(=O)C2=O.Cl. The lowest BCUT2D eigenvalue weighted by Crippen LogP contribution is -2.22. The van der Waals surface area contributed by atoms with Gasteiger partial charge in [0.15, 0.2) is 0 Å². The first-order valence-corrected chi connectivity index (χ1v) is 6.48. The molecule has 0 amide bonds. The van der Waals surface area contributed by atoms with Gasteiger partial charge in [-0.1, -0.05) is 6.58 Å². The van der Waals surface area contributed by atoms with Crippen molar-refractivity contribution in [3.05, 3.63) is 47.6 Å². The average Bonchev–Trinajstić information content (AvgIpc) is 2.86. The summed E-state index contributed by atoms with van der Waals surface area (Å²) in [5.41, 5.74) is 1.16. The van der Waals surface area contributed by atoms with Gasteiger partial charge in [-0.05, 0) is 25.1 Å². The summed E-state index contributed by atoms with van der Waals surface area (Å²) in [7, 11) is 0. The lowest BCUT2D eigenvalue weighted by atomic mass is 9.87. The van der Waals surface area contributed by atoms with E-state index in [1.165, 1.54) is 18.2 Å². The summed E-state index contributed by atoms with van der Waals surface area (Å²) in [4.78, 5) is 35.4. The summed E-state index contributed by atoms with van der Waals surface area (Å²) >= 11 is 0. The Morgan fingerprint density at radius 3 is 2.73 bits per heavy atom. The molecule has 1 aliphatic heterocycles. The first kappa shape index (κ1) is 16.0. The van der Waals surface area contributed by atoms with Gasteiger partial charge in [0.1, 0.15) is 17.6 Å². The molecule has 6 heteroatoms. The van der Waals surface area contributed by atoms with Gasteiger partial charge in [-0.3, -0.25) is 9.59 Å². The van der Waals surface area contributed by atoms with E-state index in [1.807, 2.05) is 6.92 Å². The van der Waals surface area contributed by atoms with Crippen LogP contribution in [0.15, 0.2) is 36.4 Å².